The molecule has 1 rings (SSSR count). The fourth-order valence-electron chi connectivity index (χ4n) is 2.41. The Kier molecular flexibility index (Phi) is 7.46. The summed E-state index contributed by atoms with van der Waals surface area (Å²) in [5.41, 5.74) is -0.433. The molecule has 1 aliphatic rings. The zero-order valence-electron chi connectivity index (χ0n) is 14.3. The smallest absolute Gasteiger partial charge is 0.410 e. The second-order valence-corrected chi connectivity index (χ2v) is 6.95. The molecule has 5 nitrogen and oxygen atoms in total. The highest BCUT2D eigenvalue weighted by Gasteiger charge is 2.29. The van der Waals surface area contributed by atoms with Crippen LogP contribution in [0.4, 0.5) is 4.79 Å². The zero-order chi connectivity index (χ0) is 15.9. The molecule has 5 heteroatoms. The second-order valence-electron chi connectivity index (χ2n) is 6.95. The van der Waals surface area contributed by atoms with Gasteiger partial charge in [-0.1, -0.05) is 0 Å². The van der Waals surface area contributed by atoms with Gasteiger partial charge in [-0.25, -0.2) is 4.79 Å². The van der Waals surface area contributed by atoms with Gasteiger partial charge in [0.25, 0.3) is 0 Å². The van der Waals surface area contributed by atoms with Gasteiger partial charge in [0, 0.05) is 25.7 Å². The number of amides is 1. The summed E-state index contributed by atoms with van der Waals surface area (Å²) in [6.45, 7) is 12.9. The molecule has 1 aliphatic heterocycles. The molecule has 0 aromatic heterocycles. The van der Waals surface area contributed by atoms with Crippen LogP contribution in [0.25, 0.3) is 0 Å². The van der Waals surface area contributed by atoms with Crippen molar-refractivity contribution in [2.45, 2.75) is 71.6 Å². The number of ether oxygens (including phenoxy) is 2. The number of hydrogen-bond donors (Lipinski definition) is 1. The third-order valence-corrected chi connectivity index (χ3v) is 3.37. The highest BCUT2D eigenvalue weighted by Crippen LogP contribution is 2.19. The van der Waals surface area contributed by atoms with Gasteiger partial charge in [-0.05, 0) is 53.9 Å². The van der Waals surface area contributed by atoms with Crippen LogP contribution < -0.4 is 5.32 Å². The third-order valence-electron chi connectivity index (χ3n) is 3.37. The first-order valence-corrected chi connectivity index (χ1v) is 8.11. The summed E-state index contributed by atoms with van der Waals surface area (Å²) in [7, 11) is 0. The van der Waals surface area contributed by atoms with E-state index < -0.39 is 5.60 Å². The standard InChI is InChI=1S/C16H32N2O3/c1-13(2)20-11-9-17-12-14-8-6-7-10-18(14)15(19)21-16(3,4)5/h13-14,17H,6-12H2,1-5H3. The predicted molar refractivity (Wildman–Crippen MR) is 84.5 cm³/mol. The van der Waals surface area contributed by atoms with Crippen LogP contribution in [0.1, 0.15) is 53.9 Å². The van der Waals surface area contributed by atoms with Gasteiger partial charge >= 0.3 is 6.09 Å². The van der Waals surface area contributed by atoms with E-state index in [2.05, 4.69) is 5.32 Å². The van der Waals surface area contributed by atoms with Gasteiger partial charge in [-0.2, -0.15) is 0 Å². The minimum absolute atomic E-state index is 0.188. The monoisotopic (exact) mass is 300 g/mol. The zero-order valence-corrected chi connectivity index (χ0v) is 14.3. The van der Waals surface area contributed by atoms with Crippen LogP contribution in [0.5, 0.6) is 0 Å². The normalized spacial score (nSPS) is 19.9. The quantitative estimate of drug-likeness (QED) is 0.766. The Morgan fingerprint density at radius 1 is 1.33 bits per heavy atom. The lowest BCUT2D eigenvalue weighted by Crippen LogP contribution is -2.50. The molecule has 1 heterocycles. The fraction of sp³-hybridized carbons (Fsp3) is 0.938. The van der Waals surface area contributed by atoms with E-state index in [1.807, 2.05) is 39.5 Å². The topological polar surface area (TPSA) is 50.8 Å². The molecule has 1 N–H and O–H groups in total. The summed E-state index contributed by atoms with van der Waals surface area (Å²) >= 11 is 0. The summed E-state index contributed by atoms with van der Waals surface area (Å²) in [6.07, 6.45) is 3.35. The van der Waals surface area contributed by atoms with Gasteiger partial charge in [0.2, 0.25) is 0 Å². The molecule has 0 bridgehead atoms. The summed E-state index contributed by atoms with van der Waals surface area (Å²) in [4.78, 5) is 14.1. The van der Waals surface area contributed by atoms with Crippen LogP contribution in [0.3, 0.4) is 0 Å². The van der Waals surface area contributed by atoms with Gasteiger partial charge in [0.15, 0.2) is 0 Å². The van der Waals surface area contributed by atoms with Gasteiger partial charge in [-0.15, -0.1) is 0 Å². The summed E-state index contributed by atoms with van der Waals surface area (Å²) in [6, 6.07) is 0.229. The molecule has 0 aromatic carbocycles. The number of hydrogen-bond acceptors (Lipinski definition) is 4. The van der Waals surface area contributed by atoms with Crippen molar-refractivity contribution in [3.05, 3.63) is 0 Å². The SMILES string of the molecule is CC(C)OCCNCC1CCCCN1C(=O)OC(C)(C)C. The average Bonchev–Trinajstić information content (AvgIpc) is 2.36. The van der Waals surface area contributed by atoms with E-state index >= 15 is 0 Å². The van der Waals surface area contributed by atoms with E-state index in [1.165, 1.54) is 6.42 Å². The lowest BCUT2D eigenvalue weighted by molar-refractivity contribution is 0.00963. The number of nitrogens with zero attached hydrogens (tertiary/aromatic N) is 1. The molecule has 1 unspecified atom stereocenters. The first-order valence-electron chi connectivity index (χ1n) is 8.11. The van der Waals surface area contributed by atoms with E-state index in [4.69, 9.17) is 9.47 Å². The third kappa shape index (κ3) is 7.67. The highest BCUT2D eigenvalue weighted by molar-refractivity contribution is 5.68. The second kappa shape index (κ2) is 8.59. The van der Waals surface area contributed by atoms with Crippen molar-refractivity contribution in [2.75, 3.05) is 26.2 Å². The van der Waals surface area contributed by atoms with Crippen LogP contribution in [-0.4, -0.2) is 55.0 Å². The minimum Gasteiger partial charge on any atom is -0.444 e. The van der Waals surface area contributed by atoms with Crippen LogP contribution in [0.15, 0.2) is 0 Å². The molecule has 21 heavy (non-hydrogen) atoms. The maximum Gasteiger partial charge on any atom is 0.410 e. The molecule has 0 aliphatic carbocycles. The Bertz CT molecular complexity index is 313. The van der Waals surface area contributed by atoms with E-state index in [0.29, 0.717) is 6.61 Å². The lowest BCUT2D eigenvalue weighted by atomic mass is 10.0. The Hall–Kier alpha value is -0.810. The van der Waals surface area contributed by atoms with Crippen molar-refractivity contribution >= 4 is 6.09 Å². The number of piperidine rings is 1. The van der Waals surface area contributed by atoms with Crippen molar-refractivity contribution in [1.29, 1.82) is 0 Å². The molecule has 0 spiro atoms. The van der Waals surface area contributed by atoms with Gasteiger partial charge in [0.05, 0.1) is 12.7 Å². The molecule has 0 aromatic rings. The number of rotatable bonds is 6. The van der Waals surface area contributed by atoms with Crippen molar-refractivity contribution < 1.29 is 14.3 Å². The van der Waals surface area contributed by atoms with Crippen molar-refractivity contribution in [3.8, 4) is 0 Å². The maximum atomic E-state index is 12.3. The summed E-state index contributed by atoms with van der Waals surface area (Å²) in [5, 5.41) is 3.38. The van der Waals surface area contributed by atoms with Crippen LogP contribution in [0.2, 0.25) is 0 Å². The first kappa shape index (κ1) is 18.2. The number of nitrogens with one attached hydrogen (secondary N) is 1. The summed E-state index contributed by atoms with van der Waals surface area (Å²) < 4.78 is 11.0. The Balaban J connectivity index is 2.37. The van der Waals surface area contributed by atoms with E-state index in [0.717, 1.165) is 32.5 Å². The Morgan fingerprint density at radius 3 is 2.67 bits per heavy atom. The number of carbonyl (C=O) groups is 1. The number of carbonyl (C=O) groups excluding carboxylic acids is 1. The number of likely N-dealkylation sites (tertiary alicyclic amines) is 1. The van der Waals surface area contributed by atoms with E-state index in [-0.39, 0.29) is 18.2 Å². The van der Waals surface area contributed by atoms with Gasteiger partial charge < -0.3 is 19.7 Å². The average molecular weight is 300 g/mol. The van der Waals surface area contributed by atoms with Crippen LogP contribution in [-0.2, 0) is 9.47 Å². The van der Waals surface area contributed by atoms with Crippen LogP contribution in [0, 0.1) is 0 Å². The molecule has 1 atom stereocenters. The predicted octanol–water partition coefficient (Wildman–Crippen LogP) is 2.79. The minimum atomic E-state index is -0.433. The molecule has 1 amide bonds. The lowest BCUT2D eigenvalue weighted by Gasteiger charge is -2.37. The largest absolute Gasteiger partial charge is 0.444 e. The van der Waals surface area contributed by atoms with Crippen LogP contribution >= 0.6 is 0 Å². The van der Waals surface area contributed by atoms with Crippen molar-refractivity contribution in [3.63, 3.8) is 0 Å². The van der Waals surface area contributed by atoms with E-state index in [9.17, 15) is 4.79 Å². The molecular formula is C16H32N2O3. The highest BCUT2D eigenvalue weighted by atomic mass is 16.6. The molecule has 0 saturated carbocycles. The molecule has 1 saturated heterocycles. The van der Waals surface area contributed by atoms with Gasteiger partial charge in [0.1, 0.15) is 5.60 Å². The summed E-state index contributed by atoms with van der Waals surface area (Å²) in [5.74, 6) is 0. The maximum absolute atomic E-state index is 12.3. The molecular weight excluding hydrogens is 268 g/mol. The van der Waals surface area contributed by atoms with Gasteiger partial charge in [-0.3, -0.25) is 0 Å². The molecule has 1 fully saturated rings. The molecule has 0 radical (unpaired) electrons. The van der Waals surface area contributed by atoms with E-state index in [1.54, 1.807) is 0 Å². The Labute approximate surface area is 129 Å². The molecule has 124 valence electrons. The fourth-order valence-corrected chi connectivity index (χ4v) is 2.41. The Morgan fingerprint density at radius 2 is 2.05 bits per heavy atom. The van der Waals surface area contributed by atoms with Crippen molar-refractivity contribution in [2.24, 2.45) is 0 Å². The first-order chi connectivity index (χ1) is 9.79. The van der Waals surface area contributed by atoms with Crippen molar-refractivity contribution in [1.82, 2.24) is 10.2 Å².